The van der Waals surface area contributed by atoms with Crippen molar-refractivity contribution in [2.45, 2.75) is 18.0 Å². The molecular weight excluding hydrogens is 252 g/mol. The van der Waals surface area contributed by atoms with E-state index < -0.39 is 43.3 Å². The minimum Gasteiger partial charge on any atom is -0.254 e. The summed E-state index contributed by atoms with van der Waals surface area (Å²) in [7, 11) is 0. The molecule has 16 heavy (non-hydrogen) atoms. The van der Waals surface area contributed by atoms with Crippen molar-refractivity contribution in [3.63, 3.8) is 0 Å². The van der Waals surface area contributed by atoms with Gasteiger partial charge in [0.05, 0.1) is 0 Å². The molecule has 0 aliphatic heterocycles. The fourth-order valence-electron chi connectivity index (χ4n) is 1.05. The topological polar surface area (TPSA) is 17.1 Å². The minimum absolute atomic E-state index is 2.32. The average molecular weight is 258 g/mol. The van der Waals surface area contributed by atoms with E-state index in [9.17, 15) is 39.9 Å². The summed E-state index contributed by atoms with van der Waals surface area (Å²) in [5.74, 6) is -14.5. The van der Waals surface area contributed by atoms with Crippen LogP contribution in [0.3, 0.4) is 0 Å². The first-order chi connectivity index (χ1) is 7.11. The van der Waals surface area contributed by atoms with Crippen LogP contribution in [0.4, 0.5) is 35.1 Å². The second-order valence-electron chi connectivity index (χ2n) is 2.94. The highest BCUT2D eigenvalue weighted by atomic mass is 19.3. The Morgan fingerprint density at radius 1 is 1.12 bits per heavy atom. The maximum Gasteiger partial charge on any atom is 0.371 e. The zero-order valence-corrected chi connectivity index (χ0v) is 7.50. The Labute approximate surface area is 84.4 Å². The van der Waals surface area contributed by atoms with Gasteiger partial charge < -0.3 is 0 Å². The molecule has 0 aromatic heterocycles. The van der Waals surface area contributed by atoms with Crippen molar-refractivity contribution >= 4 is 6.04 Å². The van der Waals surface area contributed by atoms with Gasteiger partial charge in [0.2, 0.25) is 0 Å². The van der Waals surface area contributed by atoms with Gasteiger partial charge in [-0.3, -0.25) is 4.79 Å². The summed E-state index contributed by atoms with van der Waals surface area (Å²) in [6, 6.07) is -3.57. The van der Waals surface area contributed by atoms with Crippen LogP contribution >= 0.6 is 0 Å². The molecule has 0 aliphatic rings. The van der Waals surface area contributed by atoms with Crippen LogP contribution in [0.2, 0.25) is 0 Å². The lowest BCUT2D eigenvalue weighted by atomic mass is 9.90. The lowest BCUT2D eigenvalue weighted by Crippen LogP contribution is -2.52. The van der Waals surface area contributed by atoms with E-state index in [1.165, 1.54) is 0 Å². The first kappa shape index (κ1) is 15.1. The molecular formula is C7H6F8O. The van der Waals surface area contributed by atoms with Crippen molar-refractivity contribution in [1.82, 2.24) is 0 Å². The van der Waals surface area contributed by atoms with Gasteiger partial charge in [-0.05, 0) is 0 Å². The quantitative estimate of drug-likeness (QED) is 0.528. The van der Waals surface area contributed by atoms with Crippen LogP contribution in [-0.2, 0) is 4.79 Å². The number of rotatable bonds is 6. The van der Waals surface area contributed by atoms with E-state index in [1.807, 2.05) is 0 Å². The first-order valence-corrected chi connectivity index (χ1v) is 3.82. The molecule has 1 nitrogen and oxygen atoms in total. The smallest absolute Gasteiger partial charge is 0.254 e. The summed E-state index contributed by atoms with van der Waals surface area (Å²) >= 11 is 0. The standard InChI is InChI=1S/C7H6F8O/c8-1-3(10)4(6(12,13)2-9)7(14,15)5(11)16/h3-4H,1-2H2. The van der Waals surface area contributed by atoms with Gasteiger partial charge in [0, 0.05) is 0 Å². The van der Waals surface area contributed by atoms with Gasteiger partial charge >= 0.3 is 12.0 Å². The number of hydrogen-bond acceptors (Lipinski definition) is 1. The third-order valence-electron chi connectivity index (χ3n) is 1.79. The summed E-state index contributed by atoms with van der Waals surface area (Å²) < 4.78 is 97.8. The van der Waals surface area contributed by atoms with E-state index in [4.69, 9.17) is 0 Å². The van der Waals surface area contributed by atoms with Gasteiger partial charge in [0.15, 0.2) is 6.67 Å². The molecule has 0 spiro atoms. The number of carbonyl (C=O) groups is 1. The monoisotopic (exact) mass is 258 g/mol. The lowest BCUT2D eigenvalue weighted by molar-refractivity contribution is -0.212. The molecule has 2 atom stereocenters. The number of alkyl halides is 7. The van der Waals surface area contributed by atoms with Crippen LogP contribution in [0.5, 0.6) is 0 Å². The predicted molar refractivity (Wildman–Crippen MR) is 36.3 cm³/mol. The molecule has 0 heterocycles. The van der Waals surface area contributed by atoms with Crippen molar-refractivity contribution in [1.29, 1.82) is 0 Å². The molecule has 2 unspecified atom stereocenters. The van der Waals surface area contributed by atoms with E-state index in [0.717, 1.165) is 0 Å². The molecule has 0 bridgehead atoms. The number of halogens is 8. The van der Waals surface area contributed by atoms with Gasteiger partial charge in [-0.25, -0.2) is 22.0 Å². The molecule has 0 saturated heterocycles. The molecule has 0 saturated carbocycles. The van der Waals surface area contributed by atoms with E-state index in [1.54, 1.807) is 0 Å². The van der Waals surface area contributed by atoms with E-state index in [0.29, 0.717) is 0 Å². The highest BCUT2D eigenvalue weighted by molar-refractivity contribution is 5.77. The van der Waals surface area contributed by atoms with E-state index in [-0.39, 0.29) is 0 Å². The fraction of sp³-hybridized carbons (Fsp3) is 0.857. The van der Waals surface area contributed by atoms with Gasteiger partial charge in [0.1, 0.15) is 18.8 Å². The van der Waals surface area contributed by atoms with E-state index in [2.05, 4.69) is 0 Å². The Balaban J connectivity index is 5.34. The third-order valence-corrected chi connectivity index (χ3v) is 1.79. The lowest BCUT2D eigenvalue weighted by Gasteiger charge is -2.30. The summed E-state index contributed by atoms with van der Waals surface area (Å²) in [5, 5.41) is 0. The Bertz CT molecular complexity index is 253. The van der Waals surface area contributed by atoms with Crippen LogP contribution in [0.1, 0.15) is 0 Å². The molecule has 0 radical (unpaired) electrons. The minimum atomic E-state index is -5.49. The zero-order valence-electron chi connectivity index (χ0n) is 7.50. The summed E-state index contributed by atoms with van der Waals surface area (Å²) in [6.07, 6.45) is -3.56. The third kappa shape index (κ3) is 2.82. The van der Waals surface area contributed by atoms with Crippen LogP contribution in [0, 0.1) is 5.92 Å². The van der Waals surface area contributed by atoms with Crippen LogP contribution in [0.25, 0.3) is 0 Å². The molecule has 96 valence electrons. The molecule has 0 rings (SSSR count). The Kier molecular flexibility index (Phi) is 4.68. The van der Waals surface area contributed by atoms with Crippen LogP contribution < -0.4 is 0 Å². The van der Waals surface area contributed by atoms with Crippen molar-refractivity contribution in [2.24, 2.45) is 5.92 Å². The Hall–Kier alpha value is -0.890. The molecule has 0 aromatic rings. The normalized spacial score (nSPS) is 17.0. The summed E-state index contributed by atoms with van der Waals surface area (Å²) in [4.78, 5) is 9.73. The molecule has 9 heteroatoms. The van der Waals surface area contributed by atoms with Crippen molar-refractivity contribution in [3.8, 4) is 0 Å². The maximum absolute atomic E-state index is 12.6. The first-order valence-electron chi connectivity index (χ1n) is 3.82. The van der Waals surface area contributed by atoms with Gasteiger partial charge in [-0.2, -0.15) is 13.2 Å². The van der Waals surface area contributed by atoms with Crippen molar-refractivity contribution in [3.05, 3.63) is 0 Å². The molecule has 0 aromatic carbocycles. The number of carbonyl (C=O) groups excluding carboxylic acids is 1. The SMILES string of the molecule is O=C(F)C(F)(F)C(C(F)CF)C(F)(F)CF. The second-order valence-corrected chi connectivity index (χ2v) is 2.94. The second kappa shape index (κ2) is 4.96. The van der Waals surface area contributed by atoms with E-state index >= 15 is 0 Å². The fourth-order valence-corrected chi connectivity index (χ4v) is 1.05. The molecule has 0 aliphatic carbocycles. The number of hydrogen-bond donors (Lipinski definition) is 0. The maximum atomic E-state index is 12.6. The van der Waals surface area contributed by atoms with Crippen molar-refractivity contribution in [2.75, 3.05) is 13.3 Å². The van der Waals surface area contributed by atoms with Gasteiger partial charge in [-0.1, -0.05) is 0 Å². The summed E-state index contributed by atoms with van der Waals surface area (Å²) in [5.41, 5.74) is 0. The molecule has 0 fully saturated rings. The highest BCUT2D eigenvalue weighted by Crippen LogP contribution is 2.42. The molecule has 0 N–H and O–H groups in total. The highest BCUT2D eigenvalue weighted by Gasteiger charge is 2.63. The zero-order chi connectivity index (χ0) is 13.1. The van der Waals surface area contributed by atoms with Crippen LogP contribution in [0.15, 0.2) is 0 Å². The molecule has 0 amide bonds. The average Bonchev–Trinajstić information content (AvgIpc) is 2.16. The summed E-state index contributed by atoms with van der Waals surface area (Å²) in [6.45, 7) is -5.08. The van der Waals surface area contributed by atoms with Gasteiger partial charge in [0.25, 0.3) is 5.92 Å². The largest absolute Gasteiger partial charge is 0.371 e. The van der Waals surface area contributed by atoms with Gasteiger partial charge in [-0.15, -0.1) is 0 Å². The van der Waals surface area contributed by atoms with Crippen molar-refractivity contribution < 1.29 is 39.9 Å². The predicted octanol–water partition coefficient (Wildman–Crippen LogP) is 2.65. The Morgan fingerprint density at radius 3 is 1.81 bits per heavy atom. The Morgan fingerprint density at radius 2 is 1.56 bits per heavy atom. The van der Waals surface area contributed by atoms with Crippen LogP contribution in [-0.4, -0.2) is 37.4 Å².